The molecule has 0 unspecified atom stereocenters. The summed E-state index contributed by atoms with van der Waals surface area (Å²) in [5.41, 5.74) is -2.21. The zero-order valence-electron chi connectivity index (χ0n) is 12.2. The first-order chi connectivity index (χ1) is 10.5. The maximum absolute atomic E-state index is 9.27. The summed E-state index contributed by atoms with van der Waals surface area (Å²) in [6.07, 6.45) is 0. The Morgan fingerprint density at radius 3 is 0.818 bits per heavy atom. The lowest BCUT2D eigenvalue weighted by molar-refractivity contribution is -0.122. The molecular weight excluding hydrogens is 304 g/mol. The third-order valence-electron chi connectivity index (χ3n) is 3.25. The van der Waals surface area contributed by atoms with Crippen molar-refractivity contribution in [2.24, 2.45) is 20.6 Å². The van der Waals surface area contributed by atoms with Gasteiger partial charge in [0.15, 0.2) is 22.8 Å². The molecule has 0 saturated heterocycles. The molecule has 4 N–H and O–H groups in total. The van der Waals surface area contributed by atoms with Gasteiger partial charge in [0.2, 0.25) is 0 Å². The van der Waals surface area contributed by atoms with Gasteiger partial charge >= 0.3 is 0 Å². The highest BCUT2D eigenvalue weighted by Gasteiger charge is 2.65. The first-order valence-corrected chi connectivity index (χ1v) is 5.64. The number of hydrogen-bond acceptors (Lipinski definition) is 12. The number of ether oxygens (including phenoxy) is 4. The van der Waals surface area contributed by atoms with Gasteiger partial charge in [-0.15, -0.1) is 0 Å². The van der Waals surface area contributed by atoms with Crippen molar-refractivity contribution in [3.8, 4) is 0 Å². The van der Waals surface area contributed by atoms with Gasteiger partial charge in [-0.3, -0.25) is 0 Å². The van der Waals surface area contributed by atoms with Crippen LogP contribution in [0.1, 0.15) is 0 Å². The van der Waals surface area contributed by atoms with Crippen molar-refractivity contribution in [1.29, 1.82) is 0 Å². The van der Waals surface area contributed by atoms with Gasteiger partial charge in [0.25, 0.3) is 11.6 Å². The van der Waals surface area contributed by atoms with Crippen LogP contribution in [0.15, 0.2) is 20.6 Å². The fourth-order valence-electron chi connectivity index (χ4n) is 2.24. The Balaban J connectivity index is 3.89. The van der Waals surface area contributed by atoms with Gasteiger partial charge in [0, 0.05) is 28.4 Å². The van der Waals surface area contributed by atoms with Gasteiger partial charge in [-0.1, -0.05) is 20.6 Å². The molecular formula is C10H16N4O8. The Morgan fingerprint density at radius 1 is 0.545 bits per heavy atom. The van der Waals surface area contributed by atoms with Crippen LogP contribution in [0.4, 0.5) is 0 Å². The molecule has 0 aromatic heterocycles. The van der Waals surface area contributed by atoms with Crippen LogP contribution in [0.5, 0.6) is 0 Å². The highest BCUT2D eigenvalue weighted by Crippen LogP contribution is 2.33. The van der Waals surface area contributed by atoms with Crippen molar-refractivity contribution in [2.45, 2.75) is 11.6 Å². The van der Waals surface area contributed by atoms with E-state index in [-0.39, 0.29) is 0 Å². The van der Waals surface area contributed by atoms with Gasteiger partial charge in [-0.2, -0.15) is 0 Å². The molecule has 0 aromatic rings. The van der Waals surface area contributed by atoms with Gasteiger partial charge in [0.1, 0.15) is 0 Å². The highest BCUT2D eigenvalue weighted by atomic mass is 16.7. The maximum Gasteiger partial charge on any atom is 0.268 e. The van der Waals surface area contributed by atoms with Crippen LogP contribution in [0, 0.1) is 0 Å². The lowest BCUT2D eigenvalue weighted by Gasteiger charge is -2.42. The van der Waals surface area contributed by atoms with Crippen LogP contribution in [0.3, 0.4) is 0 Å². The van der Waals surface area contributed by atoms with Crippen LogP contribution in [0.2, 0.25) is 0 Å². The zero-order chi connectivity index (χ0) is 17.0. The Hall–Kier alpha value is -2.28. The third kappa shape index (κ3) is 2.00. The first kappa shape index (κ1) is 17.8. The van der Waals surface area contributed by atoms with Crippen LogP contribution >= 0.6 is 0 Å². The minimum absolute atomic E-state index is 0.552. The molecule has 22 heavy (non-hydrogen) atoms. The largest absolute Gasteiger partial charge is 0.410 e. The molecule has 0 atom stereocenters. The van der Waals surface area contributed by atoms with Crippen molar-refractivity contribution >= 4 is 22.8 Å². The first-order valence-electron chi connectivity index (χ1n) is 5.64. The third-order valence-corrected chi connectivity index (χ3v) is 3.25. The number of rotatable bonds is 4. The van der Waals surface area contributed by atoms with Crippen molar-refractivity contribution in [3.63, 3.8) is 0 Å². The van der Waals surface area contributed by atoms with E-state index in [2.05, 4.69) is 20.6 Å². The normalized spacial score (nSPS) is 27.8. The molecule has 0 amide bonds. The Labute approximate surface area is 124 Å². The molecule has 0 aliphatic heterocycles. The topological polar surface area (TPSA) is 167 Å². The van der Waals surface area contributed by atoms with Crippen LogP contribution < -0.4 is 0 Å². The Kier molecular flexibility index (Phi) is 5.38. The van der Waals surface area contributed by atoms with Gasteiger partial charge in [-0.25, -0.2) is 0 Å². The van der Waals surface area contributed by atoms with E-state index in [0.717, 1.165) is 28.4 Å². The summed E-state index contributed by atoms with van der Waals surface area (Å²) in [6.45, 7) is 0. The van der Waals surface area contributed by atoms with Crippen LogP contribution in [0.25, 0.3) is 0 Å². The molecule has 0 bridgehead atoms. The molecule has 1 fully saturated rings. The van der Waals surface area contributed by atoms with Crippen molar-refractivity contribution < 1.29 is 39.8 Å². The number of methoxy groups -OCH3 is 4. The summed E-state index contributed by atoms with van der Waals surface area (Å²) < 4.78 is 20.3. The second-order valence-electron chi connectivity index (χ2n) is 3.84. The molecule has 12 nitrogen and oxygen atoms in total. The number of hydrogen-bond donors (Lipinski definition) is 4. The van der Waals surface area contributed by atoms with Crippen LogP contribution in [-0.2, 0) is 18.9 Å². The van der Waals surface area contributed by atoms with E-state index in [1.807, 2.05) is 0 Å². The predicted molar refractivity (Wildman–Crippen MR) is 70.4 cm³/mol. The molecule has 1 aliphatic rings. The molecule has 0 aromatic carbocycles. The average molecular weight is 320 g/mol. The van der Waals surface area contributed by atoms with Gasteiger partial charge in [0.05, 0.1) is 0 Å². The fourth-order valence-corrected chi connectivity index (χ4v) is 2.24. The fraction of sp³-hybridized carbons (Fsp3) is 0.600. The van der Waals surface area contributed by atoms with E-state index in [9.17, 15) is 20.8 Å². The smallest absolute Gasteiger partial charge is 0.268 e. The van der Waals surface area contributed by atoms with E-state index < -0.39 is 34.4 Å². The minimum atomic E-state index is -2.15. The van der Waals surface area contributed by atoms with Crippen molar-refractivity contribution in [1.82, 2.24) is 0 Å². The average Bonchev–Trinajstić information content (AvgIpc) is 2.58. The predicted octanol–water partition coefficient (Wildman–Crippen LogP) is -0.701. The van der Waals surface area contributed by atoms with Gasteiger partial charge in [-0.05, 0) is 0 Å². The van der Waals surface area contributed by atoms with Crippen molar-refractivity contribution in [3.05, 3.63) is 0 Å². The summed E-state index contributed by atoms with van der Waals surface area (Å²) in [7, 11) is 4.49. The van der Waals surface area contributed by atoms with E-state index in [1.54, 1.807) is 0 Å². The maximum atomic E-state index is 9.27. The second kappa shape index (κ2) is 6.65. The van der Waals surface area contributed by atoms with E-state index >= 15 is 0 Å². The number of nitrogens with zero attached hydrogens (tertiary/aromatic N) is 4. The molecule has 124 valence electrons. The second-order valence-corrected chi connectivity index (χ2v) is 3.84. The zero-order valence-corrected chi connectivity index (χ0v) is 12.2. The highest BCUT2D eigenvalue weighted by molar-refractivity contribution is 6.69. The standard InChI is InChI=1S/C10H16N4O8/c1-19-9(20-2)5(11-15)7(13-17)10(21-3,22-4)8(14-18)6(9)12-16/h15-18H,1-4H3/b11-5-,12-6+,13-7+,14-8+. The molecule has 0 radical (unpaired) electrons. The SMILES string of the molecule is COC1(OC)C(=N\O)/C(=N\O)C(OC)(OC)C(=N/O)/C1=N\O. The minimum Gasteiger partial charge on any atom is -0.410 e. The molecule has 0 heterocycles. The summed E-state index contributed by atoms with van der Waals surface area (Å²) >= 11 is 0. The summed E-state index contributed by atoms with van der Waals surface area (Å²) in [4.78, 5) is 0. The van der Waals surface area contributed by atoms with Crippen LogP contribution in [-0.4, -0.2) is 83.7 Å². The Bertz CT molecular complexity index is 445. The molecule has 1 saturated carbocycles. The lowest BCUT2D eigenvalue weighted by atomic mass is 9.81. The van der Waals surface area contributed by atoms with Gasteiger partial charge < -0.3 is 39.8 Å². The Morgan fingerprint density at radius 2 is 0.727 bits per heavy atom. The van der Waals surface area contributed by atoms with E-state index in [4.69, 9.17) is 18.9 Å². The molecule has 12 heteroatoms. The van der Waals surface area contributed by atoms with E-state index in [1.165, 1.54) is 0 Å². The summed E-state index contributed by atoms with van der Waals surface area (Å²) in [6, 6.07) is 0. The summed E-state index contributed by atoms with van der Waals surface area (Å²) in [5.74, 6) is -4.29. The van der Waals surface area contributed by atoms with Crippen molar-refractivity contribution in [2.75, 3.05) is 28.4 Å². The molecule has 1 rings (SSSR count). The monoisotopic (exact) mass is 320 g/mol. The summed E-state index contributed by atoms with van der Waals surface area (Å²) in [5, 5.41) is 48.8. The molecule has 1 aliphatic carbocycles. The van der Waals surface area contributed by atoms with E-state index in [0.29, 0.717) is 0 Å². The lowest BCUT2D eigenvalue weighted by Crippen LogP contribution is -2.71. The quantitative estimate of drug-likeness (QED) is 0.299. The number of oxime groups is 4. The molecule has 0 spiro atoms.